The van der Waals surface area contributed by atoms with Crippen LogP contribution in [0.1, 0.15) is 18.1 Å². The summed E-state index contributed by atoms with van der Waals surface area (Å²) in [6, 6.07) is 17.1. The van der Waals surface area contributed by atoms with Crippen LogP contribution in [0.3, 0.4) is 0 Å². The molecule has 4 heteroatoms. The van der Waals surface area contributed by atoms with Crippen LogP contribution in [0, 0.1) is 0 Å². The molecule has 0 spiro atoms. The quantitative estimate of drug-likeness (QED) is 0.631. The summed E-state index contributed by atoms with van der Waals surface area (Å²) in [5.41, 5.74) is 0.0530. The molecule has 106 valence electrons. The Balaban J connectivity index is 1.93. The van der Waals surface area contributed by atoms with Crippen LogP contribution in [-0.4, -0.2) is 17.7 Å². The molecule has 0 aromatic heterocycles. The van der Waals surface area contributed by atoms with E-state index in [0.29, 0.717) is 5.02 Å². The van der Waals surface area contributed by atoms with Crippen molar-refractivity contribution >= 4 is 17.6 Å². The lowest BCUT2D eigenvalue weighted by molar-refractivity contribution is -0.160. The predicted molar refractivity (Wildman–Crippen MR) is 78.0 cm³/mol. The SMILES string of the molecule is C[C@@]12O[C@@H]1[C@](c1ccccc1)(c1ccc(Cl)cc1)OC2=O. The van der Waals surface area contributed by atoms with Gasteiger partial charge in [0.25, 0.3) is 0 Å². The molecular weight excluding hydrogens is 288 g/mol. The number of epoxide rings is 1. The Hall–Kier alpha value is -1.84. The first-order valence-corrected chi connectivity index (χ1v) is 7.18. The van der Waals surface area contributed by atoms with Gasteiger partial charge in [-0.2, -0.15) is 0 Å². The molecule has 0 bridgehead atoms. The van der Waals surface area contributed by atoms with Crippen molar-refractivity contribution in [3.8, 4) is 0 Å². The fraction of sp³-hybridized carbons (Fsp3) is 0.235. The zero-order valence-corrected chi connectivity index (χ0v) is 12.1. The number of cyclic esters (lactones) is 1. The standard InChI is InChI=1S/C17H13ClO3/c1-16-14(20-16)17(21-15(16)19,11-5-3-2-4-6-11)12-7-9-13(18)10-8-12/h2-10,14H,1H3/t14-,16+,17-/m0/s1. The summed E-state index contributed by atoms with van der Waals surface area (Å²) < 4.78 is 11.5. The van der Waals surface area contributed by atoms with Gasteiger partial charge in [-0.25, -0.2) is 4.79 Å². The van der Waals surface area contributed by atoms with E-state index in [4.69, 9.17) is 21.1 Å². The van der Waals surface area contributed by atoms with Crippen LogP contribution < -0.4 is 0 Å². The summed E-state index contributed by atoms with van der Waals surface area (Å²) in [7, 11) is 0. The number of esters is 1. The fourth-order valence-corrected chi connectivity index (χ4v) is 3.23. The van der Waals surface area contributed by atoms with Crippen molar-refractivity contribution in [3.63, 3.8) is 0 Å². The third kappa shape index (κ3) is 1.62. The van der Waals surface area contributed by atoms with E-state index in [9.17, 15) is 4.79 Å². The zero-order valence-electron chi connectivity index (χ0n) is 11.4. The van der Waals surface area contributed by atoms with Crippen LogP contribution in [0.4, 0.5) is 0 Å². The highest BCUT2D eigenvalue weighted by molar-refractivity contribution is 6.30. The first kappa shape index (κ1) is 12.9. The number of hydrogen-bond acceptors (Lipinski definition) is 3. The third-order valence-corrected chi connectivity index (χ3v) is 4.56. The molecule has 4 rings (SSSR count). The fourth-order valence-electron chi connectivity index (χ4n) is 3.11. The second-order valence-electron chi connectivity index (χ2n) is 5.60. The van der Waals surface area contributed by atoms with Gasteiger partial charge in [0.15, 0.2) is 11.2 Å². The Morgan fingerprint density at radius 3 is 2.14 bits per heavy atom. The molecule has 3 nitrogen and oxygen atoms in total. The smallest absolute Gasteiger partial charge is 0.342 e. The Kier molecular flexibility index (Phi) is 2.51. The highest BCUT2D eigenvalue weighted by atomic mass is 35.5. The first-order chi connectivity index (χ1) is 10.1. The van der Waals surface area contributed by atoms with E-state index in [1.165, 1.54) is 0 Å². The predicted octanol–water partition coefficient (Wildman–Crippen LogP) is 3.30. The normalized spacial score (nSPS) is 33.4. The Morgan fingerprint density at radius 1 is 1.00 bits per heavy atom. The van der Waals surface area contributed by atoms with Crippen molar-refractivity contribution in [2.75, 3.05) is 0 Å². The largest absolute Gasteiger partial charge is 0.444 e. The van der Waals surface area contributed by atoms with Crippen LogP contribution in [0.25, 0.3) is 0 Å². The molecule has 0 N–H and O–H groups in total. The molecule has 0 amide bonds. The molecule has 0 unspecified atom stereocenters. The van der Waals surface area contributed by atoms with Gasteiger partial charge in [0.1, 0.15) is 6.10 Å². The molecular formula is C17H13ClO3. The summed E-state index contributed by atoms with van der Waals surface area (Å²) in [6.45, 7) is 1.78. The minimum atomic E-state index is -0.891. The van der Waals surface area contributed by atoms with Crippen LogP contribution in [0.5, 0.6) is 0 Å². The van der Waals surface area contributed by atoms with E-state index in [-0.39, 0.29) is 12.1 Å². The van der Waals surface area contributed by atoms with Crippen molar-refractivity contribution in [1.29, 1.82) is 0 Å². The van der Waals surface area contributed by atoms with E-state index in [1.807, 2.05) is 42.5 Å². The van der Waals surface area contributed by atoms with Gasteiger partial charge in [-0.05, 0) is 19.1 Å². The summed E-state index contributed by atoms with van der Waals surface area (Å²) in [5, 5.41) is 0.644. The van der Waals surface area contributed by atoms with Crippen molar-refractivity contribution in [1.82, 2.24) is 0 Å². The lowest BCUT2D eigenvalue weighted by Gasteiger charge is -2.30. The minimum Gasteiger partial charge on any atom is -0.444 e. The van der Waals surface area contributed by atoms with E-state index in [0.717, 1.165) is 11.1 Å². The Bertz CT molecular complexity index is 713. The first-order valence-electron chi connectivity index (χ1n) is 6.80. The monoisotopic (exact) mass is 300 g/mol. The van der Waals surface area contributed by atoms with Gasteiger partial charge in [-0.15, -0.1) is 0 Å². The van der Waals surface area contributed by atoms with Crippen molar-refractivity contribution < 1.29 is 14.3 Å². The van der Waals surface area contributed by atoms with Crippen molar-refractivity contribution in [2.24, 2.45) is 0 Å². The van der Waals surface area contributed by atoms with Gasteiger partial charge in [0.05, 0.1) is 0 Å². The van der Waals surface area contributed by atoms with Crippen LogP contribution in [0.15, 0.2) is 54.6 Å². The van der Waals surface area contributed by atoms with Crippen LogP contribution >= 0.6 is 11.6 Å². The second kappa shape index (κ2) is 4.09. The summed E-state index contributed by atoms with van der Waals surface area (Å²) in [4.78, 5) is 12.2. The average molecular weight is 301 g/mol. The number of halogens is 1. The van der Waals surface area contributed by atoms with Gasteiger partial charge >= 0.3 is 5.97 Å². The minimum absolute atomic E-state index is 0.305. The van der Waals surface area contributed by atoms with Gasteiger partial charge in [0, 0.05) is 16.1 Å². The number of rotatable bonds is 2. The topological polar surface area (TPSA) is 38.8 Å². The molecule has 2 aromatic rings. The van der Waals surface area contributed by atoms with Gasteiger partial charge < -0.3 is 9.47 Å². The summed E-state index contributed by atoms with van der Waals surface area (Å²) in [5.74, 6) is -0.314. The van der Waals surface area contributed by atoms with E-state index in [1.54, 1.807) is 19.1 Å². The molecule has 0 radical (unpaired) electrons. The van der Waals surface area contributed by atoms with E-state index in [2.05, 4.69) is 0 Å². The zero-order chi connectivity index (χ0) is 14.7. The number of carbonyl (C=O) groups excluding carboxylic acids is 1. The molecule has 2 saturated heterocycles. The number of ether oxygens (including phenoxy) is 2. The van der Waals surface area contributed by atoms with Gasteiger partial charge in [0.2, 0.25) is 0 Å². The molecule has 2 aliphatic heterocycles. The Labute approximate surface area is 127 Å². The highest BCUT2D eigenvalue weighted by Crippen LogP contribution is 2.59. The maximum Gasteiger partial charge on any atom is 0.342 e. The summed E-state index contributed by atoms with van der Waals surface area (Å²) >= 11 is 5.97. The number of hydrogen-bond donors (Lipinski definition) is 0. The molecule has 0 aliphatic carbocycles. The number of benzene rings is 2. The van der Waals surface area contributed by atoms with Crippen molar-refractivity contribution in [2.45, 2.75) is 24.2 Å². The van der Waals surface area contributed by atoms with Crippen LogP contribution in [0.2, 0.25) is 5.02 Å². The number of fused-ring (bicyclic) bond motifs is 1. The van der Waals surface area contributed by atoms with Crippen molar-refractivity contribution in [3.05, 3.63) is 70.7 Å². The van der Waals surface area contributed by atoms with Gasteiger partial charge in [-0.3, -0.25) is 0 Å². The van der Waals surface area contributed by atoms with Crippen LogP contribution in [-0.2, 0) is 19.9 Å². The molecule has 0 saturated carbocycles. The molecule has 2 fully saturated rings. The Morgan fingerprint density at radius 2 is 1.62 bits per heavy atom. The van der Waals surface area contributed by atoms with E-state index >= 15 is 0 Å². The molecule has 21 heavy (non-hydrogen) atoms. The third-order valence-electron chi connectivity index (χ3n) is 4.31. The average Bonchev–Trinajstić information content (AvgIpc) is 3.15. The molecule has 3 atom stereocenters. The molecule has 2 aliphatic rings. The molecule has 2 aromatic carbocycles. The lowest BCUT2D eigenvalue weighted by atomic mass is 9.81. The highest BCUT2D eigenvalue weighted by Gasteiger charge is 2.77. The number of carbonyl (C=O) groups is 1. The molecule has 2 heterocycles. The second-order valence-corrected chi connectivity index (χ2v) is 6.04. The summed E-state index contributed by atoms with van der Waals surface area (Å²) in [6.07, 6.45) is -0.305. The maximum absolute atomic E-state index is 12.2. The maximum atomic E-state index is 12.2. The van der Waals surface area contributed by atoms with E-state index < -0.39 is 11.2 Å². The van der Waals surface area contributed by atoms with Gasteiger partial charge in [-0.1, -0.05) is 54.1 Å². The lowest BCUT2D eigenvalue weighted by Crippen LogP contribution is -2.34.